The van der Waals surface area contributed by atoms with Crippen LogP contribution in [0.3, 0.4) is 0 Å². The van der Waals surface area contributed by atoms with E-state index >= 15 is 0 Å². The number of carbonyl (C=O) groups is 1. The Morgan fingerprint density at radius 3 is 2.39 bits per heavy atom. The van der Waals surface area contributed by atoms with E-state index in [0.29, 0.717) is 24.5 Å². The van der Waals surface area contributed by atoms with Crippen molar-refractivity contribution in [2.24, 2.45) is 11.7 Å². The van der Waals surface area contributed by atoms with Crippen LogP contribution in [0.2, 0.25) is 0 Å². The molecule has 0 spiro atoms. The molecule has 4 N–H and O–H groups in total. The lowest BCUT2D eigenvalue weighted by molar-refractivity contribution is -0.144. The van der Waals surface area contributed by atoms with Crippen LogP contribution in [0.1, 0.15) is 42.4 Å². The summed E-state index contributed by atoms with van der Waals surface area (Å²) in [7, 11) is 0. The van der Waals surface area contributed by atoms with Gasteiger partial charge in [-0.25, -0.2) is 0 Å². The predicted octanol–water partition coefficient (Wildman–Crippen LogP) is 5.24. The molecule has 1 heterocycles. The maximum atomic E-state index is 12.9. The minimum atomic E-state index is -0.410. The van der Waals surface area contributed by atoms with Crippen LogP contribution in [0.5, 0.6) is 5.75 Å². The summed E-state index contributed by atoms with van der Waals surface area (Å²) >= 11 is 0. The molecule has 1 aliphatic heterocycles. The van der Waals surface area contributed by atoms with Gasteiger partial charge in [0, 0.05) is 5.56 Å². The molecular weight excluding hydrogens is 497 g/mol. The summed E-state index contributed by atoms with van der Waals surface area (Å²) in [6.45, 7) is 5.00. The number of nitrogens with two attached hydrogens (primary N) is 1. The van der Waals surface area contributed by atoms with Gasteiger partial charge >= 0.3 is 5.97 Å². The summed E-state index contributed by atoms with van der Waals surface area (Å²) < 4.78 is 11.4. The van der Waals surface area contributed by atoms with Crippen molar-refractivity contribution in [2.45, 2.75) is 32.1 Å². The van der Waals surface area contributed by atoms with Crippen LogP contribution in [0.25, 0.3) is 10.8 Å². The summed E-state index contributed by atoms with van der Waals surface area (Å²) in [6, 6.07) is 19.7. The van der Waals surface area contributed by atoms with Crippen molar-refractivity contribution in [1.82, 2.24) is 5.32 Å². The van der Waals surface area contributed by atoms with E-state index in [1.54, 1.807) is 0 Å². The quantitative estimate of drug-likeness (QED) is 0.199. The highest BCUT2D eigenvalue weighted by atomic mass is 35.5. The molecule has 1 saturated heterocycles. The number of carbonyl (C=O) groups excluding carboxylic acids is 1. The highest BCUT2D eigenvalue weighted by Crippen LogP contribution is 2.27. The first kappa shape index (κ1) is 29.4. The van der Waals surface area contributed by atoms with Gasteiger partial charge in [0.25, 0.3) is 0 Å². The zero-order chi connectivity index (χ0) is 23.9. The molecule has 8 heteroatoms. The standard InChI is InChI=1S/C28H33N3O3.2ClH/c1-2-33-28(32)26(16-20-3-4-21-5-6-23(27(29)30)17-24(21)15-20)22-7-9-25(10-8-22)34-18-19-11-13-31-14-12-19;;/h3-10,15,17,19,26,31H,2,11-14,16,18H2,1H3,(H3,29,30);2*1H. The van der Waals surface area contributed by atoms with E-state index in [1.807, 2.05) is 61.5 Å². The molecule has 0 aromatic heterocycles. The molecule has 0 bridgehead atoms. The second-order valence-electron chi connectivity index (χ2n) is 8.89. The molecule has 1 unspecified atom stereocenters. The maximum Gasteiger partial charge on any atom is 0.313 e. The summed E-state index contributed by atoms with van der Waals surface area (Å²) in [5.41, 5.74) is 8.28. The van der Waals surface area contributed by atoms with E-state index in [-0.39, 0.29) is 36.6 Å². The maximum absolute atomic E-state index is 12.9. The fraction of sp³-hybridized carbons (Fsp3) is 0.357. The first-order valence-electron chi connectivity index (χ1n) is 12.0. The molecule has 3 aromatic carbocycles. The summed E-state index contributed by atoms with van der Waals surface area (Å²) in [6.07, 6.45) is 2.81. The number of hydrogen-bond donors (Lipinski definition) is 3. The Morgan fingerprint density at radius 1 is 1.03 bits per heavy atom. The lowest BCUT2D eigenvalue weighted by Crippen LogP contribution is -2.30. The Kier molecular flexibility index (Phi) is 11.5. The number of ether oxygens (including phenoxy) is 2. The highest BCUT2D eigenvalue weighted by molar-refractivity contribution is 5.99. The number of rotatable bonds is 9. The van der Waals surface area contributed by atoms with Gasteiger partial charge in [-0.05, 0) is 85.3 Å². The SMILES string of the molecule is CCOC(=O)C(Cc1ccc2ccc(C(=N)N)cc2c1)c1ccc(OCC2CCNCC2)cc1.Cl.Cl. The van der Waals surface area contributed by atoms with Crippen LogP contribution in [-0.4, -0.2) is 38.1 Å². The van der Waals surface area contributed by atoms with Crippen molar-refractivity contribution in [3.8, 4) is 5.75 Å². The average Bonchev–Trinajstić information content (AvgIpc) is 2.86. The fourth-order valence-corrected chi connectivity index (χ4v) is 4.47. The number of fused-ring (bicyclic) bond motifs is 1. The van der Waals surface area contributed by atoms with Crippen LogP contribution < -0.4 is 15.8 Å². The first-order chi connectivity index (χ1) is 16.5. The topological polar surface area (TPSA) is 97.4 Å². The molecule has 0 aliphatic carbocycles. The van der Waals surface area contributed by atoms with Crippen molar-refractivity contribution >= 4 is 47.4 Å². The van der Waals surface area contributed by atoms with Gasteiger partial charge in [0.2, 0.25) is 0 Å². The van der Waals surface area contributed by atoms with Gasteiger partial charge in [-0.1, -0.05) is 42.5 Å². The monoisotopic (exact) mass is 531 g/mol. The third kappa shape index (κ3) is 7.60. The van der Waals surface area contributed by atoms with Crippen LogP contribution in [0.15, 0.2) is 60.7 Å². The Bertz CT molecular complexity index is 1150. The Morgan fingerprint density at radius 2 is 1.72 bits per heavy atom. The lowest BCUT2D eigenvalue weighted by atomic mass is 9.91. The first-order valence-corrected chi connectivity index (χ1v) is 12.0. The van der Waals surface area contributed by atoms with E-state index < -0.39 is 5.92 Å². The summed E-state index contributed by atoms with van der Waals surface area (Å²) in [4.78, 5) is 12.9. The second-order valence-corrected chi connectivity index (χ2v) is 8.89. The number of nitrogens with one attached hydrogen (secondary N) is 2. The molecule has 0 radical (unpaired) electrons. The minimum Gasteiger partial charge on any atom is -0.493 e. The highest BCUT2D eigenvalue weighted by Gasteiger charge is 2.23. The molecule has 1 fully saturated rings. The lowest BCUT2D eigenvalue weighted by Gasteiger charge is -2.22. The Hall–Kier alpha value is -2.80. The van der Waals surface area contributed by atoms with Crippen LogP contribution in [0, 0.1) is 11.3 Å². The minimum absolute atomic E-state index is 0. The van der Waals surface area contributed by atoms with Crippen molar-refractivity contribution in [1.29, 1.82) is 5.41 Å². The van der Waals surface area contributed by atoms with Gasteiger partial charge in [0.15, 0.2) is 0 Å². The predicted molar refractivity (Wildman–Crippen MR) is 150 cm³/mol. The number of amidine groups is 1. The van der Waals surface area contributed by atoms with Gasteiger partial charge in [-0.3, -0.25) is 10.2 Å². The molecule has 36 heavy (non-hydrogen) atoms. The normalized spacial score (nSPS) is 14.2. The van der Waals surface area contributed by atoms with E-state index in [1.165, 1.54) is 0 Å². The van der Waals surface area contributed by atoms with Gasteiger partial charge in [0.1, 0.15) is 11.6 Å². The number of hydrogen-bond acceptors (Lipinski definition) is 5. The largest absolute Gasteiger partial charge is 0.493 e. The van der Waals surface area contributed by atoms with Gasteiger partial charge in [-0.2, -0.15) is 0 Å². The Labute approximate surface area is 225 Å². The number of piperidine rings is 1. The van der Waals surface area contributed by atoms with Crippen molar-refractivity contribution < 1.29 is 14.3 Å². The van der Waals surface area contributed by atoms with Crippen LogP contribution >= 0.6 is 24.8 Å². The third-order valence-corrected chi connectivity index (χ3v) is 6.45. The molecule has 1 atom stereocenters. The molecule has 6 nitrogen and oxygen atoms in total. The van der Waals surface area contributed by atoms with Gasteiger partial charge in [0.05, 0.1) is 19.1 Å². The number of nitrogen functional groups attached to an aromatic ring is 1. The molecule has 1 aliphatic rings. The van der Waals surface area contributed by atoms with E-state index in [0.717, 1.165) is 60.2 Å². The van der Waals surface area contributed by atoms with Crippen LogP contribution in [0.4, 0.5) is 0 Å². The van der Waals surface area contributed by atoms with Crippen LogP contribution in [-0.2, 0) is 16.0 Å². The summed E-state index contributed by atoms with van der Waals surface area (Å²) in [5.74, 6) is 0.812. The summed E-state index contributed by atoms with van der Waals surface area (Å²) in [5, 5.41) is 13.1. The van der Waals surface area contributed by atoms with Crippen molar-refractivity contribution in [3.05, 3.63) is 77.4 Å². The van der Waals surface area contributed by atoms with E-state index in [4.69, 9.17) is 20.6 Å². The zero-order valence-corrected chi connectivity index (χ0v) is 22.1. The number of halogens is 2. The molecular formula is C28H35Cl2N3O3. The zero-order valence-electron chi connectivity index (χ0n) is 20.5. The molecule has 0 amide bonds. The van der Waals surface area contributed by atoms with Gasteiger partial charge in [-0.15, -0.1) is 24.8 Å². The smallest absolute Gasteiger partial charge is 0.313 e. The average molecular weight is 533 g/mol. The molecule has 194 valence electrons. The van der Waals surface area contributed by atoms with Crippen molar-refractivity contribution in [3.63, 3.8) is 0 Å². The number of benzene rings is 3. The van der Waals surface area contributed by atoms with Gasteiger partial charge < -0.3 is 20.5 Å². The molecule has 3 aromatic rings. The third-order valence-electron chi connectivity index (χ3n) is 6.45. The Balaban J connectivity index is 0.00000228. The van der Waals surface area contributed by atoms with E-state index in [9.17, 15) is 4.79 Å². The second kappa shape index (κ2) is 14.1. The van der Waals surface area contributed by atoms with Crippen molar-refractivity contribution in [2.75, 3.05) is 26.3 Å². The fourth-order valence-electron chi connectivity index (χ4n) is 4.47. The molecule has 4 rings (SSSR count). The van der Waals surface area contributed by atoms with E-state index in [2.05, 4.69) is 11.4 Å². The molecule has 0 saturated carbocycles. The number of esters is 1.